The van der Waals surface area contributed by atoms with Crippen LogP contribution in [0.3, 0.4) is 0 Å². The lowest BCUT2D eigenvalue weighted by molar-refractivity contribution is -0.721. The van der Waals surface area contributed by atoms with Gasteiger partial charge in [0.15, 0.2) is 0 Å². The number of nitrogens with zero attached hydrogens (tertiary/aromatic N) is 2. The number of hydrogen-bond acceptors (Lipinski definition) is 2. The third kappa shape index (κ3) is 5.08. The largest absolute Gasteiger partial charge is 0.338 e. The Hall–Kier alpha value is -2.92. The molecule has 0 saturated carbocycles. The number of carbonyl (C=O) groups is 1. The third-order valence-electron chi connectivity index (χ3n) is 5.00. The minimum atomic E-state index is 0.0540. The summed E-state index contributed by atoms with van der Waals surface area (Å²) >= 11 is 0. The summed E-state index contributed by atoms with van der Waals surface area (Å²) in [5.41, 5.74) is 5.52. The second-order valence-corrected chi connectivity index (χ2v) is 7.59. The third-order valence-corrected chi connectivity index (χ3v) is 5.00. The summed E-state index contributed by atoms with van der Waals surface area (Å²) in [4.78, 5) is 16.5. The SMILES string of the molecule is Cc1ccc(NC(=O)C[C@H](C)[NH2+][C@H](C)c2ccc(-n3ccnc3)cc2)c(C)c1. The fourth-order valence-corrected chi connectivity index (χ4v) is 3.48. The highest BCUT2D eigenvalue weighted by molar-refractivity contribution is 5.91. The molecule has 146 valence electrons. The maximum atomic E-state index is 12.4. The van der Waals surface area contributed by atoms with Crippen molar-refractivity contribution >= 4 is 11.6 Å². The maximum Gasteiger partial charge on any atom is 0.230 e. The molecule has 28 heavy (non-hydrogen) atoms. The van der Waals surface area contributed by atoms with E-state index in [2.05, 4.69) is 66.7 Å². The van der Waals surface area contributed by atoms with Gasteiger partial charge < -0.3 is 15.2 Å². The lowest BCUT2D eigenvalue weighted by atomic mass is 10.1. The number of carbonyl (C=O) groups excluding carboxylic acids is 1. The molecule has 1 amide bonds. The number of hydrogen-bond donors (Lipinski definition) is 2. The summed E-state index contributed by atoms with van der Waals surface area (Å²) < 4.78 is 1.98. The standard InChI is InChI=1S/C23H28N4O/c1-16-5-10-22(17(2)13-16)26-23(28)14-18(3)25-19(4)20-6-8-21(9-7-20)27-12-11-24-15-27/h5-13,15,18-19,25H,14H2,1-4H3,(H,26,28)/p+1/t18-,19+/m0/s1. The Balaban J connectivity index is 1.53. The first-order valence-electron chi connectivity index (χ1n) is 9.73. The number of nitrogens with one attached hydrogen (secondary N) is 1. The predicted octanol–water partition coefficient (Wildman–Crippen LogP) is 3.53. The molecule has 0 aliphatic carbocycles. The van der Waals surface area contributed by atoms with E-state index < -0.39 is 0 Å². The predicted molar refractivity (Wildman–Crippen MR) is 113 cm³/mol. The van der Waals surface area contributed by atoms with E-state index in [9.17, 15) is 4.79 Å². The first-order chi connectivity index (χ1) is 13.4. The van der Waals surface area contributed by atoms with Crippen molar-refractivity contribution < 1.29 is 10.1 Å². The van der Waals surface area contributed by atoms with Crippen LogP contribution in [0.2, 0.25) is 0 Å². The number of amides is 1. The van der Waals surface area contributed by atoms with Gasteiger partial charge in [-0.25, -0.2) is 4.98 Å². The van der Waals surface area contributed by atoms with Gasteiger partial charge in [-0.05, 0) is 51.5 Å². The molecule has 0 aliphatic rings. The molecule has 0 bridgehead atoms. The average molecular weight is 378 g/mol. The monoisotopic (exact) mass is 377 g/mol. The number of aromatic nitrogens is 2. The second kappa shape index (κ2) is 8.85. The van der Waals surface area contributed by atoms with Crippen molar-refractivity contribution in [2.24, 2.45) is 0 Å². The molecule has 0 radical (unpaired) electrons. The van der Waals surface area contributed by atoms with Crippen LogP contribution in [0.25, 0.3) is 5.69 Å². The van der Waals surface area contributed by atoms with Gasteiger partial charge in [0, 0.05) is 29.3 Å². The summed E-state index contributed by atoms with van der Waals surface area (Å²) in [7, 11) is 0. The Morgan fingerprint density at radius 3 is 2.54 bits per heavy atom. The van der Waals surface area contributed by atoms with E-state index in [4.69, 9.17) is 0 Å². The van der Waals surface area contributed by atoms with Gasteiger partial charge in [0.2, 0.25) is 5.91 Å². The van der Waals surface area contributed by atoms with Crippen molar-refractivity contribution in [3.8, 4) is 5.69 Å². The molecule has 3 N–H and O–H groups in total. The van der Waals surface area contributed by atoms with E-state index in [0.29, 0.717) is 6.42 Å². The van der Waals surface area contributed by atoms with E-state index >= 15 is 0 Å². The Morgan fingerprint density at radius 1 is 1.14 bits per heavy atom. The Labute approximate surface area is 166 Å². The maximum absolute atomic E-state index is 12.4. The molecule has 1 heterocycles. The summed E-state index contributed by atoms with van der Waals surface area (Å²) in [6, 6.07) is 15.0. The van der Waals surface area contributed by atoms with Crippen LogP contribution in [0.15, 0.2) is 61.2 Å². The summed E-state index contributed by atoms with van der Waals surface area (Å²) in [5, 5.41) is 5.28. The molecular formula is C23H29N4O+. The summed E-state index contributed by atoms with van der Waals surface area (Å²) in [6.45, 7) is 8.34. The molecule has 5 heteroatoms. The van der Waals surface area contributed by atoms with Gasteiger partial charge in [0.1, 0.15) is 6.04 Å². The normalized spacial score (nSPS) is 13.1. The second-order valence-electron chi connectivity index (χ2n) is 7.59. The van der Waals surface area contributed by atoms with Crippen LogP contribution < -0.4 is 10.6 Å². The van der Waals surface area contributed by atoms with E-state index in [0.717, 1.165) is 16.9 Å². The Kier molecular flexibility index (Phi) is 6.26. The van der Waals surface area contributed by atoms with Crippen LogP contribution >= 0.6 is 0 Å². The fraction of sp³-hybridized carbons (Fsp3) is 0.304. The smallest absolute Gasteiger partial charge is 0.230 e. The van der Waals surface area contributed by atoms with Gasteiger partial charge in [-0.1, -0.05) is 29.8 Å². The molecule has 2 atom stereocenters. The average Bonchev–Trinajstić information content (AvgIpc) is 3.18. The Bertz CT molecular complexity index is 916. The molecular weight excluding hydrogens is 348 g/mol. The summed E-state index contributed by atoms with van der Waals surface area (Å²) in [5.74, 6) is 0.0540. The fourth-order valence-electron chi connectivity index (χ4n) is 3.48. The summed E-state index contributed by atoms with van der Waals surface area (Å²) in [6.07, 6.45) is 5.97. The van der Waals surface area contributed by atoms with Crippen molar-refractivity contribution in [3.63, 3.8) is 0 Å². The van der Waals surface area contributed by atoms with E-state index in [1.165, 1.54) is 11.1 Å². The number of quaternary nitrogens is 1. The van der Waals surface area contributed by atoms with E-state index in [1.54, 1.807) is 12.5 Å². The molecule has 0 unspecified atom stereocenters. The Morgan fingerprint density at radius 2 is 1.89 bits per heavy atom. The number of aryl methyl sites for hydroxylation is 2. The number of imidazole rings is 1. The number of benzene rings is 2. The van der Waals surface area contributed by atoms with Gasteiger partial charge in [-0.3, -0.25) is 4.79 Å². The first kappa shape index (κ1) is 19.8. The van der Waals surface area contributed by atoms with Crippen LogP contribution in [-0.4, -0.2) is 21.5 Å². The van der Waals surface area contributed by atoms with Crippen LogP contribution in [0.5, 0.6) is 0 Å². The molecule has 3 rings (SSSR count). The highest BCUT2D eigenvalue weighted by Crippen LogP contribution is 2.17. The van der Waals surface area contributed by atoms with Crippen LogP contribution in [0, 0.1) is 13.8 Å². The van der Waals surface area contributed by atoms with Crippen molar-refractivity contribution in [3.05, 3.63) is 77.9 Å². The molecule has 5 nitrogen and oxygen atoms in total. The quantitative estimate of drug-likeness (QED) is 0.662. The van der Waals surface area contributed by atoms with Gasteiger partial charge in [-0.2, -0.15) is 0 Å². The molecule has 0 spiro atoms. The highest BCUT2D eigenvalue weighted by Gasteiger charge is 2.17. The molecule has 2 aromatic carbocycles. The number of rotatable bonds is 7. The zero-order valence-electron chi connectivity index (χ0n) is 17.0. The molecule has 0 fully saturated rings. The topological polar surface area (TPSA) is 63.5 Å². The van der Waals surface area contributed by atoms with Crippen molar-refractivity contribution in [2.75, 3.05) is 5.32 Å². The zero-order valence-corrected chi connectivity index (χ0v) is 17.0. The van der Waals surface area contributed by atoms with Crippen molar-refractivity contribution in [2.45, 2.75) is 46.2 Å². The van der Waals surface area contributed by atoms with E-state index in [-0.39, 0.29) is 18.0 Å². The van der Waals surface area contributed by atoms with Gasteiger partial charge in [0.25, 0.3) is 0 Å². The lowest BCUT2D eigenvalue weighted by Crippen LogP contribution is -2.89. The van der Waals surface area contributed by atoms with Crippen LogP contribution in [0.4, 0.5) is 5.69 Å². The first-order valence-corrected chi connectivity index (χ1v) is 9.73. The van der Waals surface area contributed by atoms with Gasteiger partial charge in [-0.15, -0.1) is 0 Å². The van der Waals surface area contributed by atoms with Crippen molar-refractivity contribution in [1.29, 1.82) is 0 Å². The van der Waals surface area contributed by atoms with Crippen molar-refractivity contribution in [1.82, 2.24) is 9.55 Å². The minimum Gasteiger partial charge on any atom is -0.338 e. The molecule has 0 aliphatic heterocycles. The number of nitrogens with two attached hydrogens (primary N) is 1. The zero-order chi connectivity index (χ0) is 20.1. The van der Waals surface area contributed by atoms with Crippen LogP contribution in [0.1, 0.15) is 43.0 Å². The van der Waals surface area contributed by atoms with Gasteiger partial charge in [0.05, 0.1) is 18.8 Å². The number of anilines is 1. The minimum absolute atomic E-state index is 0.0540. The molecule has 1 aromatic heterocycles. The van der Waals surface area contributed by atoms with Crippen LogP contribution in [-0.2, 0) is 4.79 Å². The van der Waals surface area contributed by atoms with E-state index in [1.807, 2.05) is 29.8 Å². The van der Waals surface area contributed by atoms with Gasteiger partial charge >= 0.3 is 0 Å². The molecule has 0 saturated heterocycles. The highest BCUT2D eigenvalue weighted by atomic mass is 16.1. The molecule has 3 aromatic rings. The lowest BCUT2D eigenvalue weighted by Gasteiger charge is -2.18.